The number of methoxy groups -OCH3 is 2. The van der Waals surface area contributed by atoms with Gasteiger partial charge in [0.25, 0.3) is 0 Å². The summed E-state index contributed by atoms with van der Waals surface area (Å²) in [5.74, 6) is 1.31. The largest absolute Gasteiger partial charge is 0.496 e. The molecule has 0 heterocycles. The summed E-state index contributed by atoms with van der Waals surface area (Å²) in [6.45, 7) is 3.84. The Morgan fingerprint density at radius 1 is 1.22 bits per heavy atom. The Kier molecular flexibility index (Phi) is 7.06. The van der Waals surface area contributed by atoms with E-state index in [0.717, 1.165) is 11.1 Å². The van der Waals surface area contributed by atoms with E-state index in [1.54, 1.807) is 14.2 Å². The highest BCUT2D eigenvalue weighted by molar-refractivity contribution is 5.85. The Hall–Kier alpha value is -0.970. The van der Waals surface area contributed by atoms with Gasteiger partial charge < -0.3 is 20.3 Å². The van der Waals surface area contributed by atoms with Crippen molar-refractivity contribution in [2.45, 2.75) is 32.4 Å². The summed E-state index contributed by atoms with van der Waals surface area (Å²) in [7, 11) is 3.17. The fraction of sp³-hybridized carbons (Fsp3) is 0.538. The van der Waals surface area contributed by atoms with Crippen LogP contribution in [0.15, 0.2) is 12.1 Å². The highest BCUT2D eigenvalue weighted by atomic mass is 35.5. The Morgan fingerprint density at radius 2 is 1.67 bits per heavy atom. The number of hydrogen-bond donors (Lipinski definition) is 2. The maximum absolute atomic E-state index is 9.85. The van der Waals surface area contributed by atoms with E-state index in [9.17, 15) is 5.11 Å². The van der Waals surface area contributed by atoms with E-state index < -0.39 is 12.1 Å². The molecule has 0 saturated carbocycles. The number of benzene rings is 1. The zero-order valence-electron chi connectivity index (χ0n) is 11.3. The zero-order valence-corrected chi connectivity index (χ0v) is 12.1. The number of aliphatic hydroxyl groups is 1. The predicted octanol–water partition coefficient (Wildman–Crippen LogP) is 2.20. The minimum atomic E-state index is -0.611. The number of hydrogen-bond acceptors (Lipinski definition) is 4. The maximum atomic E-state index is 9.85. The molecular weight excluding hydrogens is 254 g/mol. The fourth-order valence-electron chi connectivity index (χ4n) is 1.84. The first kappa shape index (κ1) is 17.0. The Morgan fingerprint density at radius 3 is 2.00 bits per heavy atom. The molecule has 3 N–H and O–H groups in total. The van der Waals surface area contributed by atoms with Gasteiger partial charge in [0.1, 0.15) is 11.5 Å². The summed E-state index contributed by atoms with van der Waals surface area (Å²) in [5, 5.41) is 9.85. The van der Waals surface area contributed by atoms with Crippen LogP contribution in [0, 0.1) is 6.92 Å². The smallest absolute Gasteiger partial charge is 0.127 e. The molecular formula is C13H22ClNO3. The predicted molar refractivity (Wildman–Crippen MR) is 74.8 cm³/mol. The highest BCUT2D eigenvalue weighted by Crippen LogP contribution is 2.36. The van der Waals surface area contributed by atoms with Crippen molar-refractivity contribution < 1.29 is 14.6 Å². The van der Waals surface area contributed by atoms with Gasteiger partial charge in [-0.15, -0.1) is 12.4 Å². The van der Waals surface area contributed by atoms with Crippen molar-refractivity contribution in [3.63, 3.8) is 0 Å². The molecule has 1 rings (SSSR count). The molecule has 18 heavy (non-hydrogen) atoms. The van der Waals surface area contributed by atoms with Crippen LogP contribution in [0.5, 0.6) is 11.5 Å². The van der Waals surface area contributed by atoms with Crippen molar-refractivity contribution in [3.05, 3.63) is 23.3 Å². The Balaban J connectivity index is 0.00000289. The lowest BCUT2D eigenvalue weighted by Gasteiger charge is -2.23. The molecule has 4 nitrogen and oxygen atoms in total. The van der Waals surface area contributed by atoms with Crippen molar-refractivity contribution in [1.82, 2.24) is 0 Å². The average Bonchev–Trinajstić information content (AvgIpc) is 2.35. The summed E-state index contributed by atoms with van der Waals surface area (Å²) in [6.07, 6.45) is -0.0260. The lowest BCUT2D eigenvalue weighted by molar-refractivity contribution is 0.138. The second kappa shape index (κ2) is 7.46. The van der Waals surface area contributed by atoms with Gasteiger partial charge in [0, 0.05) is 0 Å². The molecule has 0 bridgehead atoms. The van der Waals surface area contributed by atoms with Crippen LogP contribution in [0.2, 0.25) is 0 Å². The third-order valence-corrected chi connectivity index (χ3v) is 2.85. The molecule has 0 aliphatic heterocycles. The standard InChI is InChI=1S/C13H21NO3.ClH/c1-5-9(15)13(14)12-10(16-3)6-8(2)7-11(12)17-4;/h6-7,9,13,15H,5,14H2,1-4H3;1H/t9-,13-;/m0./s1. The van der Waals surface area contributed by atoms with Gasteiger partial charge in [-0.3, -0.25) is 0 Å². The molecule has 0 spiro atoms. The second-order valence-corrected chi connectivity index (χ2v) is 4.08. The van der Waals surface area contributed by atoms with Crippen LogP contribution in [0.1, 0.15) is 30.5 Å². The molecule has 0 unspecified atom stereocenters. The summed E-state index contributed by atoms with van der Waals surface area (Å²) >= 11 is 0. The summed E-state index contributed by atoms with van der Waals surface area (Å²) < 4.78 is 10.6. The first-order valence-corrected chi connectivity index (χ1v) is 5.71. The van der Waals surface area contributed by atoms with E-state index in [2.05, 4.69) is 0 Å². The molecule has 2 atom stereocenters. The topological polar surface area (TPSA) is 64.7 Å². The summed E-state index contributed by atoms with van der Waals surface area (Å²) in [4.78, 5) is 0. The molecule has 0 radical (unpaired) electrons. The van der Waals surface area contributed by atoms with E-state index in [1.807, 2.05) is 26.0 Å². The monoisotopic (exact) mass is 275 g/mol. The van der Waals surface area contributed by atoms with E-state index in [1.165, 1.54) is 0 Å². The number of aryl methyl sites for hydroxylation is 1. The van der Waals surface area contributed by atoms with Crippen LogP contribution in [0.25, 0.3) is 0 Å². The molecule has 0 saturated heterocycles. The molecule has 1 aromatic carbocycles. The Labute approximate surface area is 115 Å². The van der Waals surface area contributed by atoms with Gasteiger partial charge in [-0.2, -0.15) is 0 Å². The van der Waals surface area contributed by atoms with Crippen molar-refractivity contribution in [3.8, 4) is 11.5 Å². The minimum Gasteiger partial charge on any atom is -0.496 e. The zero-order chi connectivity index (χ0) is 13.0. The molecule has 0 fully saturated rings. The van der Waals surface area contributed by atoms with Crippen LogP contribution in [-0.2, 0) is 0 Å². The number of halogens is 1. The molecule has 5 heteroatoms. The lowest BCUT2D eigenvalue weighted by atomic mass is 9.97. The van der Waals surface area contributed by atoms with E-state index >= 15 is 0 Å². The SMILES string of the molecule is CC[C@H](O)[C@H](N)c1c(OC)cc(C)cc1OC.Cl. The molecule has 0 amide bonds. The van der Waals surface area contributed by atoms with Gasteiger partial charge in [-0.05, 0) is 31.0 Å². The maximum Gasteiger partial charge on any atom is 0.127 e. The van der Waals surface area contributed by atoms with Gasteiger partial charge >= 0.3 is 0 Å². The molecule has 0 aliphatic carbocycles. The van der Waals surface area contributed by atoms with Crippen LogP contribution in [0.4, 0.5) is 0 Å². The third kappa shape index (κ3) is 3.51. The molecule has 0 aromatic heterocycles. The number of aliphatic hydroxyl groups excluding tert-OH is 1. The van der Waals surface area contributed by atoms with Gasteiger partial charge in [0.2, 0.25) is 0 Å². The minimum absolute atomic E-state index is 0. The average molecular weight is 276 g/mol. The van der Waals surface area contributed by atoms with Gasteiger partial charge in [0.15, 0.2) is 0 Å². The van der Waals surface area contributed by atoms with E-state index in [4.69, 9.17) is 15.2 Å². The quantitative estimate of drug-likeness (QED) is 0.865. The first-order chi connectivity index (χ1) is 8.04. The van der Waals surface area contributed by atoms with E-state index in [-0.39, 0.29) is 12.4 Å². The molecule has 104 valence electrons. The first-order valence-electron chi connectivity index (χ1n) is 5.71. The summed E-state index contributed by atoms with van der Waals surface area (Å²) in [5.41, 5.74) is 7.79. The van der Waals surface area contributed by atoms with Crippen molar-refractivity contribution in [2.24, 2.45) is 5.73 Å². The molecule has 1 aromatic rings. The third-order valence-electron chi connectivity index (χ3n) is 2.85. The van der Waals surface area contributed by atoms with E-state index in [0.29, 0.717) is 17.9 Å². The number of rotatable bonds is 5. The van der Waals surface area contributed by atoms with Crippen LogP contribution in [-0.4, -0.2) is 25.4 Å². The highest BCUT2D eigenvalue weighted by Gasteiger charge is 2.23. The van der Waals surface area contributed by atoms with Gasteiger partial charge in [0.05, 0.1) is 31.9 Å². The van der Waals surface area contributed by atoms with Crippen molar-refractivity contribution in [1.29, 1.82) is 0 Å². The Bertz CT molecular complexity index is 359. The van der Waals surface area contributed by atoms with Crippen LogP contribution < -0.4 is 15.2 Å². The normalized spacial score (nSPS) is 13.4. The van der Waals surface area contributed by atoms with Crippen LogP contribution in [0.3, 0.4) is 0 Å². The fourth-order valence-corrected chi connectivity index (χ4v) is 1.84. The lowest BCUT2D eigenvalue weighted by Crippen LogP contribution is -2.26. The van der Waals surface area contributed by atoms with Gasteiger partial charge in [-0.1, -0.05) is 6.92 Å². The molecule has 0 aliphatic rings. The van der Waals surface area contributed by atoms with Gasteiger partial charge in [-0.25, -0.2) is 0 Å². The van der Waals surface area contributed by atoms with Crippen LogP contribution >= 0.6 is 12.4 Å². The van der Waals surface area contributed by atoms with Crippen molar-refractivity contribution >= 4 is 12.4 Å². The number of nitrogens with two attached hydrogens (primary N) is 1. The number of ether oxygens (including phenoxy) is 2. The van der Waals surface area contributed by atoms with Crippen molar-refractivity contribution in [2.75, 3.05) is 14.2 Å². The summed E-state index contributed by atoms with van der Waals surface area (Å²) in [6, 6.07) is 3.27. The second-order valence-electron chi connectivity index (χ2n) is 4.08.